The molecule has 0 bridgehead atoms. The van der Waals surface area contributed by atoms with Gasteiger partial charge in [0.15, 0.2) is 11.6 Å². The monoisotopic (exact) mass is 716 g/mol. The van der Waals surface area contributed by atoms with Gasteiger partial charge < -0.3 is 19.3 Å². The van der Waals surface area contributed by atoms with E-state index in [4.69, 9.17) is 55.9 Å². The van der Waals surface area contributed by atoms with Crippen molar-refractivity contribution in [2.24, 2.45) is 11.8 Å². The first-order valence-corrected chi connectivity index (χ1v) is 18.8. The van der Waals surface area contributed by atoms with Crippen LogP contribution in [0.3, 0.4) is 0 Å². The fourth-order valence-corrected chi connectivity index (χ4v) is 6.23. The lowest BCUT2D eigenvalue weighted by atomic mass is 9.86. The molecule has 0 N–H and O–H groups in total. The zero-order valence-electron chi connectivity index (χ0n) is 27.5. The van der Waals surface area contributed by atoms with Crippen molar-refractivity contribution in [3.05, 3.63) is 59.7 Å². The van der Waals surface area contributed by atoms with Gasteiger partial charge in [-0.15, -0.1) is 46.4 Å². The van der Waals surface area contributed by atoms with E-state index in [2.05, 4.69) is 23.6 Å². The number of hydrogen-bond donors (Lipinski definition) is 0. The first-order chi connectivity index (χ1) is 22.4. The van der Waals surface area contributed by atoms with Crippen LogP contribution in [0.1, 0.15) is 73.1 Å². The summed E-state index contributed by atoms with van der Waals surface area (Å²) in [6.07, 6.45) is 5.11. The van der Waals surface area contributed by atoms with Crippen molar-refractivity contribution in [3.8, 4) is 11.5 Å². The second-order valence-corrected chi connectivity index (χ2v) is 13.0. The van der Waals surface area contributed by atoms with E-state index < -0.39 is 0 Å². The summed E-state index contributed by atoms with van der Waals surface area (Å²) in [5.74, 6) is 2.62. The molecule has 0 saturated carbocycles. The van der Waals surface area contributed by atoms with E-state index in [0.717, 1.165) is 37.2 Å². The fourth-order valence-electron chi connectivity index (χ4n) is 5.27. The zero-order chi connectivity index (χ0) is 33.6. The number of ketones is 2. The molecule has 2 rings (SSSR count). The molecule has 0 aliphatic rings. The maximum atomic E-state index is 14.0. The summed E-state index contributed by atoms with van der Waals surface area (Å²) in [6.45, 7) is 9.03. The number of Topliss-reactive ketones (excluding diaryl/α,β-unsaturated/α-hetero) is 2. The van der Waals surface area contributed by atoms with Gasteiger partial charge in [-0.05, 0) is 74.2 Å². The van der Waals surface area contributed by atoms with Crippen LogP contribution < -0.4 is 9.47 Å². The van der Waals surface area contributed by atoms with Crippen LogP contribution in [0.4, 0.5) is 0 Å². The van der Waals surface area contributed by atoms with Crippen molar-refractivity contribution in [3.63, 3.8) is 0 Å². The molecule has 0 fully saturated rings. The average molecular weight is 719 g/mol. The minimum atomic E-state index is -0.350. The summed E-state index contributed by atoms with van der Waals surface area (Å²) >= 11 is 24.5. The molecule has 0 aromatic heterocycles. The summed E-state index contributed by atoms with van der Waals surface area (Å²) in [5.41, 5.74) is 1.24. The number of rotatable bonds is 27. The Balaban J connectivity index is 2.32. The molecule has 0 saturated heterocycles. The Morgan fingerprint density at radius 1 is 0.587 bits per heavy atom. The second kappa shape index (κ2) is 24.6. The van der Waals surface area contributed by atoms with Crippen LogP contribution in [0.5, 0.6) is 11.5 Å². The quantitative estimate of drug-likeness (QED) is 0.0524. The van der Waals surface area contributed by atoms with Crippen LogP contribution in [0.2, 0.25) is 0 Å². The normalized spacial score (nSPS) is 12.8. The van der Waals surface area contributed by atoms with Gasteiger partial charge in [0, 0.05) is 85.8 Å². The topological polar surface area (TPSA) is 59.1 Å². The number of benzene rings is 2. The van der Waals surface area contributed by atoms with E-state index >= 15 is 0 Å². The molecule has 10 heteroatoms. The molecule has 46 heavy (non-hydrogen) atoms. The number of carbonyl (C=O) groups excluding carboxylic acids is 2. The van der Waals surface area contributed by atoms with Gasteiger partial charge in [0.25, 0.3) is 0 Å². The molecule has 0 spiro atoms. The van der Waals surface area contributed by atoms with Gasteiger partial charge in [0.05, 0.1) is 13.2 Å². The summed E-state index contributed by atoms with van der Waals surface area (Å²) in [6, 6.07) is 14.7. The smallest absolute Gasteiger partial charge is 0.167 e. The van der Waals surface area contributed by atoms with E-state index in [1.165, 1.54) is 0 Å². The van der Waals surface area contributed by atoms with E-state index in [1.54, 1.807) is 0 Å². The van der Waals surface area contributed by atoms with Crippen molar-refractivity contribution >= 4 is 58.0 Å². The highest BCUT2D eigenvalue weighted by atomic mass is 35.5. The summed E-state index contributed by atoms with van der Waals surface area (Å²) in [5, 5.41) is 0. The van der Waals surface area contributed by atoms with Crippen LogP contribution in [0.15, 0.2) is 48.5 Å². The van der Waals surface area contributed by atoms with Crippen molar-refractivity contribution in [1.29, 1.82) is 0 Å². The Morgan fingerprint density at radius 2 is 0.913 bits per heavy atom. The third-order valence-corrected chi connectivity index (χ3v) is 8.65. The summed E-state index contributed by atoms with van der Waals surface area (Å²) < 4.78 is 11.6. The molecule has 258 valence electrons. The van der Waals surface area contributed by atoms with Crippen molar-refractivity contribution in [2.45, 2.75) is 52.4 Å². The van der Waals surface area contributed by atoms with Crippen molar-refractivity contribution < 1.29 is 19.1 Å². The molecule has 2 aromatic rings. The third-order valence-electron chi connectivity index (χ3n) is 7.98. The molecule has 2 aromatic carbocycles. The Bertz CT molecular complexity index is 1000. The van der Waals surface area contributed by atoms with Gasteiger partial charge in [-0.3, -0.25) is 9.59 Å². The SMILES string of the molecule is CCCCOc1ccc(C(=O)C(CCC(CN(CCCl)CCCl)C(=O)c2ccc(OCCCC)cc2)CN(CCCl)CCCl)cc1. The van der Waals surface area contributed by atoms with E-state index in [1.807, 2.05) is 48.5 Å². The molecular weight excluding hydrogens is 666 g/mol. The van der Waals surface area contributed by atoms with Gasteiger partial charge in [-0.1, -0.05) is 26.7 Å². The lowest BCUT2D eigenvalue weighted by Gasteiger charge is -2.29. The predicted molar refractivity (Wildman–Crippen MR) is 194 cm³/mol. The number of ether oxygens (including phenoxy) is 2. The molecule has 2 unspecified atom stereocenters. The number of nitrogens with zero attached hydrogens (tertiary/aromatic N) is 2. The fraction of sp³-hybridized carbons (Fsp3) is 0.611. The van der Waals surface area contributed by atoms with Crippen LogP contribution in [-0.4, -0.2) is 97.4 Å². The van der Waals surface area contributed by atoms with Gasteiger partial charge in [-0.25, -0.2) is 0 Å². The Morgan fingerprint density at radius 3 is 1.20 bits per heavy atom. The minimum absolute atomic E-state index is 0.0346. The van der Waals surface area contributed by atoms with Crippen LogP contribution >= 0.6 is 46.4 Å². The number of alkyl halides is 4. The lowest BCUT2D eigenvalue weighted by molar-refractivity contribution is 0.0816. The predicted octanol–water partition coefficient (Wildman–Crippen LogP) is 8.68. The van der Waals surface area contributed by atoms with Crippen molar-refractivity contribution in [1.82, 2.24) is 9.80 Å². The van der Waals surface area contributed by atoms with E-state index in [0.29, 0.717) is 100.0 Å². The largest absolute Gasteiger partial charge is 0.494 e. The first-order valence-electron chi connectivity index (χ1n) is 16.6. The first kappa shape index (κ1) is 40.6. The molecule has 0 aliphatic carbocycles. The Labute approximate surface area is 297 Å². The average Bonchev–Trinajstić information content (AvgIpc) is 3.06. The summed E-state index contributed by atoms with van der Waals surface area (Å²) in [7, 11) is 0. The maximum Gasteiger partial charge on any atom is 0.167 e. The van der Waals surface area contributed by atoms with Gasteiger partial charge in [-0.2, -0.15) is 0 Å². The molecule has 2 atom stereocenters. The highest BCUT2D eigenvalue weighted by Gasteiger charge is 2.28. The van der Waals surface area contributed by atoms with E-state index in [-0.39, 0.29) is 23.4 Å². The number of hydrogen-bond acceptors (Lipinski definition) is 6. The van der Waals surface area contributed by atoms with Crippen LogP contribution in [0.25, 0.3) is 0 Å². The zero-order valence-corrected chi connectivity index (χ0v) is 30.6. The molecule has 0 radical (unpaired) electrons. The molecule has 0 amide bonds. The maximum absolute atomic E-state index is 14.0. The molecule has 0 heterocycles. The number of halogens is 4. The van der Waals surface area contributed by atoms with E-state index in [9.17, 15) is 9.59 Å². The number of unbranched alkanes of at least 4 members (excludes halogenated alkanes) is 2. The molecule has 0 aliphatic heterocycles. The highest BCUT2D eigenvalue weighted by molar-refractivity contribution is 6.18. The van der Waals surface area contributed by atoms with Gasteiger partial charge >= 0.3 is 0 Å². The molecular formula is C36H52Cl4N2O4. The third kappa shape index (κ3) is 15.1. The lowest BCUT2D eigenvalue weighted by Crippen LogP contribution is -2.38. The standard InChI is InChI=1S/C36H52Cl4N2O4/c1-3-5-25-45-33-13-9-29(10-14-33)35(43)31(27-41(21-17-37)22-18-38)7-8-32(28-42(23-19-39)24-20-40)36(44)30-11-15-34(16-12-30)46-26-6-4-2/h9-16,31-32H,3-8,17-28H2,1-2H3. The van der Waals surface area contributed by atoms with Crippen LogP contribution in [-0.2, 0) is 0 Å². The minimum Gasteiger partial charge on any atom is -0.494 e. The Kier molecular flexibility index (Phi) is 21.7. The Hall–Kier alpha value is -1.54. The second-order valence-electron chi connectivity index (χ2n) is 11.5. The van der Waals surface area contributed by atoms with Crippen LogP contribution in [0, 0.1) is 11.8 Å². The number of carbonyl (C=O) groups is 2. The van der Waals surface area contributed by atoms with Gasteiger partial charge in [0.1, 0.15) is 11.5 Å². The molecule has 6 nitrogen and oxygen atoms in total. The summed E-state index contributed by atoms with van der Waals surface area (Å²) in [4.78, 5) is 32.3. The van der Waals surface area contributed by atoms with Gasteiger partial charge in [0.2, 0.25) is 0 Å². The van der Waals surface area contributed by atoms with Crippen molar-refractivity contribution in [2.75, 3.05) is 76.0 Å². The highest BCUT2D eigenvalue weighted by Crippen LogP contribution is 2.25.